The quantitative estimate of drug-likeness (QED) is 0.784. The summed E-state index contributed by atoms with van der Waals surface area (Å²) in [4.78, 5) is 12.0. The van der Waals surface area contributed by atoms with Gasteiger partial charge in [-0.05, 0) is 31.6 Å². The molecule has 2 saturated carbocycles. The summed E-state index contributed by atoms with van der Waals surface area (Å²) in [5.74, 6) is 2.02. The summed E-state index contributed by atoms with van der Waals surface area (Å²) >= 11 is 6.89. The van der Waals surface area contributed by atoms with E-state index in [0.29, 0.717) is 17.8 Å². The van der Waals surface area contributed by atoms with E-state index < -0.39 is 0 Å². The maximum atomic E-state index is 12.0. The maximum Gasteiger partial charge on any atom is 0.224 e. The highest BCUT2D eigenvalue weighted by molar-refractivity contribution is 9.09. The summed E-state index contributed by atoms with van der Waals surface area (Å²) in [6.07, 6.45) is 3.86. The summed E-state index contributed by atoms with van der Waals surface area (Å²) in [6, 6.07) is 0. The van der Waals surface area contributed by atoms with Crippen LogP contribution in [0.1, 0.15) is 26.2 Å². The lowest BCUT2D eigenvalue weighted by Gasteiger charge is -2.26. The third-order valence-corrected chi connectivity index (χ3v) is 6.20. The van der Waals surface area contributed by atoms with Crippen molar-refractivity contribution in [2.75, 3.05) is 10.7 Å². The molecule has 2 unspecified atom stereocenters. The molecule has 0 aromatic carbocycles. The molecule has 2 fully saturated rings. The lowest BCUT2D eigenvalue weighted by Crippen LogP contribution is -2.49. The van der Waals surface area contributed by atoms with Gasteiger partial charge in [-0.25, -0.2) is 0 Å². The molecule has 86 valence electrons. The highest BCUT2D eigenvalue weighted by Crippen LogP contribution is 2.57. The summed E-state index contributed by atoms with van der Waals surface area (Å²) < 4.78 is 0. The first kappa shape index (κ1) is 11.9. The maximum absolute atomic E-state index is 12.0. The number of amides is 1. The number of rotatable bonds is 4. The molecule has 0 aromatic heterocycles. The van der Waals surface area contributed by atoms with Crippen LogP contribution in [-0.4, -0.2) is 22.1 Å². The third kappa shape index (κ3) is 2.26. The lowest BCUT2D eigenvalue weighted by atomic mass is 10.1. The molecule has 4 heteroatoms. The molecule has 2 aliphatic carbocycles. The predicted molar refractivity (Wildman–Crippen MR) is 68.5 cm³/mol. The zero-order chi connectivity index (χ0) is 11.1. The molecular weight excluding hydrogens is 322 g/mol. The second kappa shape index (κ2) is 4.36. The van der Waals surface area contributed by atoms with Gasteiger partial charge in [0.1, 0.15) is 0 Å². The molecule has 2 nitrogen and oxygen atoms in total. The van der Waals surface area contributed by atoms with E-state index in [0.717, 1.165) is 10.7 Å². The van der Waals surface area contributed by atoms with Crippen LogP contribution in [0.3, 0.4) is 0 Å². The van der Waals surface area contributed by atoms with E-state index in [1.165, 1.54) is 19.3 Å². The Balaban J connectivity index is 1.88. The molecule has 0 radical (unpaired) electrons. The Morgan fingerprint density at radius 2 is 1.87 bits per heavy atom. The van der Waals surface area contributed by atoms with Crippen molar-refractivity contribution in [3.63, 3.8) is 0 Å². The first-order valence-corrected chi connectivity index (χ1v) is 7.79. The summed E-state index contributed by atoms with van der Waals surface area (Å²) in [6.45, 7) is 2.06. The minimum Gasteiger partial charge on any atom is -0.349 e. The smallest absolute Gasteiger partial charge is 0.224 e. The zero-order valence-corrected chi connectivity index (χ0v) is 12.1. The Morgan fingerprint density at radius 3 is 2.33 bits per heavy atom. The van der Waals surface area contributed by atoms with Crippen LogP contribution in [0, 0.1) is 17.8 Å². The minimum absolute atomic E-state index is 0.145. The van der Waals surface area contributed by atoms with Crippen LogP contribution in [0.25, 0.3) is 0 Å². The highest BCUT2D eigenvalue weighted by atomic mass is 79.9. The van der Waals surface area contributed by atoms with Crippen molar-refractivity contribution in [1.82, 2.24) is 5.32 Å². The number of halogens is 2. The van der Waals surface area contributed by atoms with Crippen LogP contribution in [-0.2, 0) is 4.79 Å². The molecule has 0 saturated heterocycles. The molecule has 2 aliphatic rings. The van der Waals surface area contributed by atoms with Gasteiger partial charge in [0.05, 0.1) is 5.54 Å². The first-order valence-electron chi connectivity index (χ1n) is 5.55. The fourth-order valence-corrected chi connectivity index (χ4v) is 3.90. The van der Waals surface area contributed by atoms with E-state index in [4.69, 9.17) is 0 Å². The van der Waals surface area contributed by atoms with Crippen LogP contribution < -0.4 is 5.32 Å². The fraction of sp³-hybridized carbons (Fsp3) is 0.909. The number of hydrogen-bond acceptors (Lipinski definition) is 1. The molecule has 15 heavy (non-hydrogen) atoms. The van der Waals surface area contributed by atoms with Crippen molar-refractivity contribution in [1.29, 1.82) is 0 Å². The highest BCUT2D eigenvalue weighted by Gasteiger charge is 2.56. The van der Waals surface area contributed by atoms with Gasteiger partial charge < -0.3 is 5.32 Å². The SMILES string of the molecule is CC(CBr)(CBr)NC(=O)C1C2CCCC21. The van der Waals surface area contributed by atoms with Gasteiger partial charge in [-0.2, -0.15) is 0 Å². The Hall–Kier alpha value is 0.430. The van der Waals surface area contributed by atoms with E-state index in [1.54, 1.807) is 0 Å². The minimum atomic E-state index is -0.145. The Kier molecular flexibility index (Phi) is 3.46. The largest absolute Gasteiger partial charge is 0.349 e. The van der Waals surface area contributed by atoms with E-state index in [2.05, 4.69) is 44.1 Å². The lowest BCUT2D eigenvalue weighted by molar-refractivity contribution is -0.124. The van der Waals surface area contributed by atoms with Crippen LogP contribution >= 0.6 is 31.9 Å². The molecular formula is C11H17Br2NO. The molecule has 1 N–H and O–H groups in total. The van der Waals surface area contributed by atoms with Gasteiger partial charge in [-0.15, -0.1) is 0 Å². The van der Waals surface area contributed by atoms with E-state index in [-0.39, 0.29) is 11.4 Å². The van der Waals surface area contributed by atoms with E-state index >= 15 is 0 Å². The van der Waals surface area contributed by atoms with E-state index in [1.807, 2.05) is 0 Å². The molecule has 1 amide bonds. The van der Waals surface area contributed by atoms with Crippen molar-refractivity contribution in [3.8, 4) is 0 Å². The molecule has 0 aromatic rings. The first-order chi connectivity index (χ1) is 7.11. The van der Waals surface area contributed by atoms with Gasteiger partial charge in [0, 0.05) is 16.6 Å². The summed E-state index contributed by atoms with van der Waals surface area (Å²) in [5.41, 5.74) is -0.145. The van der Waals surface area contributed by atoms with Gasteiger partial charge in [0.25, 0.3) is 0 Å². The van der Waals surface area contributed by atoms with Crippen LogP contribution in [0.2, 0.25) is 0 Å². The Labute approximate surface area is 108 Å². The molecule has 0 aliphatic heterocycles. The van der Waals surface area contributed by atoms with Gasteiger partial charge in [-0.3, -0.25) is 4.79 Å². The number of nitrogens with one attached hydrogen (secondary N) is 1. The van der Waals surface area contributed by atoms with Gasteiger partial charge in [-0.1, -0.05) is 38.3 Å². The van der Waals surface area contributed by atoms with Gasteiger partial charge in [0.15, 0.2) is 0 Å². The second-order valence-corrected chi connectivity index (χ2v) is 6.22. The number of hydrogen-bond donors (Lipinski definition) is 1. The number of carbonyl (C=O) groups excluding carboxylic acids is 1. The van der Waals surface area contributed by atoms with Crippen molar-refractivity contribution >= 4 is 37.8 Å². The number of alkyl halides is 2. The van der Waals surface area contributed by atoms with Crippen molar-refractivity contribution < 1.29 is 4.79 Å². The van der Waals surface area contributed by atoms with Crippen LogP contribution in [0.5, 0.6) is 0 Å². The van der Waals surface area contributed by atoms with Crippen molar-refractivity contribution in [2.24, 2.45) is 17.8 Å². The number of fused-ring (bicyclic) bond motifs is 1. The van der Waals surface area contributed by atoms with Crippen LogP contribution in [0.4, 0.5) is 0 Å². The fourth-order valence-electron chi connectivity index (χ4n) is 2.69. The predicted octanol–water partition coefficient (Wildman–Crippen LogP) is 2.70. The topological polar surface area (TPSA) is 29.1 Å². The average Bonchev–Trinajstić information content (AvgIpc) is 2.73. The normalized spacial score (nSPS) is 33.7. The van der Waals surface area contributed by atoms with Gasteiger partial charge >= 0.3 is 0 Å². The third-order valence-electron chi connectivity index (χ3n) is 3.72. The number of carbonyl (C=O) groups is 1. The summed E-state index contributed by atoms with van der Waals surface area (Å²) in [7, 11) is 0. The average molecular weight is 339 g/mol. The molecule has 2 rings (SSSR count). The molecule has 0 heterocycles. The Bertz CT molecular complexity index is 255. The van der Waals surface area contributed by atoms with Gasteiger partial charge in [0.2, 0.25) is 5.91 Å². The monoisotopic (exact) mass is 337 g/mol. The van der Waals surface area contributed by atoms with Crippen LogP contribution in [0.15, 0.2) is 0 Å². The van der Waals surface area contributed by atoms with Crippen molar-refractivity contribution in [2.45, 2.75) is 31.7 Å². The van der Waals surface area contributed by atoms with E-state index in [9.17, 15) is 4.79 Å². The second-order valence-electron chi connectivity index (χ2n) is 5.10. The molecule has 2 atom stereocenters. The standard InChI is InChI=1S/C11H17Br2NO/c1-11(5-12,6-13)14-10(15)9-7-3-2-4-8(7)9/h7-9H,2-6H2,1H3,(H,14,15). The summed E-state index contributed by atoms with van der Waals surface area (Å²) in [5, 5.41) is 4.73. The van der Waals surface area contributed by atoms with Crippen molar-refractivity contribution in [3.05, 3.63) is 0 Å². The Morgan fingerprint density at radius 1 is 1.33 bits per heavy atom. The molecule has 0 spiro atoms. The molecule has 0 bridgehead atoms. The zero-order valence-electron chi connectivity index (χ0n) is 8.93.